The number of benzene rings is 1. The summed E-state index contributed by atoms with van der Waals surface area (Å²) in [4.78, 5) is 21.6. The highest BCUT2D eigenvalue weighted by molar-refractivity contribution is 6.02. The summed E-state index contributed by atoms with van der Waals surface area (Å²) in [6.07, 6.45) is 1.66. The molecule has 6 heteroatoms. The number of aliphatic hydroxyl groups is 1. The molecule has 0 atom stereocenters. The van der Waals surface area contributed by atoms with E-state index in [0.717, 1.165) is 12.2 Å². The molecule has 0 unspecified atom stereocenters. The third kappa shape index (κ3) is 4.81. The molecule has 19 heavy (non-hydrogen) atoms. The second-order valence-electron chi connectivity index (χ2n) is 3.57. The molecule has 1 amide bonds. The van der Waals surface area contributed by atoms with Gasteiger partial charge in [0.1, 0.15) is 5.75 Å². The number of carboxylic acid groups (broad SMARTS) is 1. The lowest BCUT2D eigenvalue weighted by Gasteiger charge is -2.10. The Bertz CT molecular complexity index is 496. The number of ether oxygens (including phenoxy) is 1. The summed E-state index contributed by atoms with van der Waals surface area (Å²) in [6.45, 7) is 2.08. The summed E-state index contributed by atoms with van der Waals surface area (Å²) in [7, 11) is 0. The van der Waals surface area contributed by atoms with Crippen LogP contribution in [-0.2, 0) is 16.2 Å². The Labute approximate surface area is 110 Å². The lowest BCUT2D eigenvalue weighted by Crippen LogP contribution is -2.09. The molecular formula is C13H15NO5. The Morgan fingerprint density at radius 3 is 2.68 bits per heavy atom. The highest BCUT2D eigenvalue weighted by Crippen LogP contribution is 2.23. The van der Waals surface area contributed by atoms with Gasteiger partial charge >= 0.3 is 5.97 Å². The van der Waals surface area contributed by atoms with Crippen LogP contribution in [0.2, 0.25) is 0 Å². The van der Waals surface area contributed by atoms with Crippen molar-refractivity contribution in [1.29, 1.82) is 0 Å². The third-order valence-electron chi connectivity index (χ3n) is 2.18. The van der Waals surface area contributed by atoms with E-state index >= 15 is 0 Å². The number of aliphatic carboxylic acids is 1. The lowest BCUT2D eigenvalue weighted by molar-refractivity contribution is -0.131. The van der Waals surface area contributed by atoms with Crippen LogP contribution in [0.3, 0.4) is 0 Å². The van der Waals surface area contributed by atoms with E-state index in [9.17, 15) is 14.7 Å². The van der Waals surface area contributed by atoms with Gasteiger partial charge in [-0.25, -0.2) is 4.79 Å². The minimum atomic E-state index is -1.20. The number of rotatable bonds is 6. The van der Waals surface area contributed by atoms with Gasteiger partial charge in [-0.15, -0.1) is 0 Å². The van der Waals surface area contributed by atoms with Gasteiger partial charge in [0, 0.05) is 23.4 Å². The molecule has 0 aromatic heterocycles. The van der Waals surface area contributed by atoms with Crippen molar-refractivity contribution in [2.75, 3.05) is 11.9 Å². The van der Waals surface area contributed by atoms with Crippen molar-refractivity contribution in [2.24, 2.45) is 0 Å². The number of carbonyl (C=O) groups excluding carboxylic acids is 1. The van der Waals surface area contributed by atoms with Gasteiger partial charge in [0.2, 0.25) is 5.91 Å². The predicted octanol–water partition coefficient (Wildman–Crippen LogP) is 1.16. The zero-order chi connectivity index (χ0) is 14.3. The molecule has 3 N–H and O–H groups in total. The summed E-state index contributed by atoms with van der Waals surface area (Å²) >= 11 is 0. The Balaban J connectivity index is 2.79. The van der Waals surface area contributed by atoms with Crippen LogP contribution in [0.15, 0.2) is 30.4 Å². The van der Waals surface area contributed by atoms with Gasteiger partial charge in [0.05, 0.1) is 13.2 Å². The first-order valence-corrected chi connectivity index (χ1v) is 5.65. The van der Waals surface area contributed by atoms with Crippen LogP contribution in [0.25, 0.3) is 0 Å². The van der Waals surface area contributed by atoms with E-state index in [-0.39, 0.29) is 6.61 Å². The fourth-order valence-corrected chi connectivity index (χ4v) is 1.41. The highest BCUT2D eigenvalue weighted by atomic mass is 16.5. The van der Waals surface area contributed by atoms with Crippen LogP contribution < -0.4 is 10.1 Å². The molecule has 0 aliphatic carbocycles. The molecule has 0 saturated heterocycles. The molecular weight excluding hydrogens is 250 g/mol. The molecule has 0 aliphatic rings. The summed E-state index contributed by atoms with van der Waals surface area (Å²) in [5.74, 6) is -1.21. The van der Waals surface area contributed by atoms with Gasteiger partial charge < -0.3 is 20.3 Å². The van der Waals surface area contributed by atoms with Crippen LogP contribution in [-0.4, -0.2) is 28.7 Å². The van der Waals surface area contributed by atoms with Gasteiger partial charge in [-0.2, -0.15) is 0 Å². The van der Waals surface area contributed by atoms with Crippen molar-refractivity contribution < 1.29 is 24.5 Å². The van der Waals surface area contributed by atoms with Crippen LogP contribution in [0.5, 0.6) is 5.75 Å². The minimum absolute atomic E-state index is 0.218. The second kappa shape index (κ2) is 7.17. The number of amides is 1. The molecule has 0 heterocycles. The van der Waals surface area contributed by atoms with Crippen molar-refractivity contribution in [3.8, 4) is 5.75 Å². The lowest BCUT2D eigenvalue weighted by atomic mass is 10.2. The molecule has 0 saturated carbocycles. The van der Waals surface area contributed by atoms with Crippen LogP contribution >= 0.6 is 0 Å². The van der Waals surface area contributed by atoms with E-state index in [4.69, 9.17) is 9.84 Å². The van der Waals surface area contributed by atoms with Crippen molar-refractivity contribution in [3.05, 3.63) is 35.9 Å². The summed E-state index contributed by atoms with van der Waals surface area (Å²) in [5.41, 5.74) is 0.995. The number of carbonyl (C=O) groups is 2. The average Bonchev–Trinajstić information content (AvgIpc) is 2.38. The highest BCUT2D eigenvalue weighted by Gasteiger charge is 2.05. The predicted molar refractivity (Wildman–Crippen MR) is 68.9 cm³/mol. The smallest absolute Gasteiger partial charge is 0.328 e. The zero-order valence-corrected chi connectivity index (χ0v) is 10.4. The van der Waals surface area contributed by atoms with Gasteiger partial charge in [-0.3, -0.25) is 4.79 Å². The quantitative estimate of drug-likeness (QED) is 0.671. The first-order chi connectivity index (χ1) is 9.06. The van der Waals surface area contributed by atoms with Gasteiger partial charge in [-0.05, 0) is 25.1 Å². The fraction of sp³-hybridized carbons (Fsp3) is 0.231. The maximum atomic E-state index is 11.4. The number of nitrogens with one attached hydrogen (secondary N) is 1. The van der Waals surface area contributed by atoms with E-state index in [1.54, 1.807) is 18.2 Å². The van der Waals surface area contributed by atoms with E-state index in [2.05, 4.69) is 5.32 Å². The molecule has 1 rings (SSSR count). The summed E-state index contributed by atoms with van der Waals surface area (Å²) in [5, 5.41) is 20.1. The Hall–Kier alpha value is -2.34. The van der Waals surface area contributed by atoms with E-state index in [1.807, 2.05) is 6.92 Å². The van der Waals surface area contributed by atoms with Crippen molar-refractivity contribution in [2.45, 2.75) is 13.5 Å². The molecule has 0 spiro atoms. The van der Waals surface area contributed by atoms with Crippen molar-refractivity contribution in [3.63, 3.8) is 0 Å². The molecule has 0 aliphatic heterocycles. The summed E-state index contributed by atoms with van der Waals surface area (Å²) < 4.78 is 5.30. The molecule has 1 aromatic rings. The molecule has 0 fully saturated rings. The molecule has 0 bridgehead atoms. The molecule has 102 valence electrons. The maximum Gasteiger partial charge on any atom is 0.328 e. The first kappa shape index (κ1) is 14.7. The molecule has 1 aromatic carbocycles. The largest absolute Gasteiger partial charge is 0.494 e. The maximum absolute atomic E-state index is 11.4. The molecule has 6 nitrogen and oxygen atoms in total. The normalized spacial score (nSPS) is 10.4. The second-order valence-corrected chi connectivity index (χ2v) is 3.57. The number of anilines is 1. The topological polar surface area (TPSA) is 95.9 Å². The SMILES string of the molecule is CCOc1ccc(NC(=O)/C=C/C(=O)O)cc1CO. The monoisotopic (exact) mass is 265 g/mol. The fourth-order valence-electron chi connectivity index (χ4n) is 1.41. The van der Waals surface area contributed by atoms with Gasteiger partial charge in [0.15, 0.2) is 0 Å². The van der Waals surface area contributed by atoms with E-state index in [0.29, 0.717) is 23.6 Å². The van der Waals surface area contributed by atoms with E-state index < -0.39 is 11.9 Å². The first-order valence-electron chi connectivity index (χ1n) is 5.65. The zero-order valence-electron chi connectivity index (χ0n) is 10.4. The van der Waals surface area contributed by atoms with Crippen molar-refractivity contribution in [1.82, 2.24) is 0 Å². The van der Waals surface area contributed by atoms with Crippen molar-refractivity contribution >= 4 is 17.6 Å². The van der Waals surface area contributed by atoms with Crippen LogP contribution in [0.1, 0.15) is 12.5 Å². The average molecular weight is 265 g/mol. The number of hydrogen-bond donors (Lipinski definition) is 3. The Morgan fingerprint density at radius 1 is 1.37 bits per heavy atom. The number of carboxylic acids is 1. The standard InChI is InChI=1S/C13H15NO5/c1-2-19-11-4-3-10(7-9(11)8-15)14-12(16)5-6-13(17)18/h3-7,15H,2,8H2,1H3,(H,14,16)(H,17,18)/b6-5+. The van der Waals surface area contributed by atoms with Gasteiger partial charge in [-0.1, -0.05) is 0 Å². The number of hydrogen-bond acceptors (Lipinski definition) is 4. The summed E-state index contributed by atoms with van der Waals surface area (Å²) in [6, 6.07) is 4.81. The Morgan fingerprint density at radius 2 is 2.11 bits per heavy atom. The van der Waals surface area contributed by atoms with E-state index in [1.165, 1.54) is 0 Å². The third-order valence-corrected chi connectivity index (χ3v) is 2.18. The van der Waals surface area contributed by atoms with Crippen LogP contribution in [0.4, 0.5) is 5.69 Å². The minimum Gasteiger partial charge on any atom is -0.494 e. The number of aliphatic hydroxyl groups excluding tert-OH is 1. The van der Waals surface area contributed by atoms with Crippen LogP contribution in [0, 0.1) is 0 Å². The van der Waals surface area contributed by atoms with Gasteiger partial charge in [0.25, 0.3) is 0 Å². The molecule has 0 radical (unpaired) electrons. The Kier molecular flexibility index (Phi) is 5.56.